The normalized spacial score (nSPS) is 11.2. The Morgan fingerprint density at radius 2 is 1.78 bits per heavy atom. The molecule has 0 saturated carbocycles. The number of nitrogens with zero attached hydrogens (tertiary/aromatic N) is 2. The van der Waals surface area contributed by atoms with Gasteiger partial charge in [-0.1, -0.05) is 31.9 Å². The van der Waals surface area contributed by atoms with Crippen molar-refractivity contribution < 1.29 is 8.42 Å². The van der Waals surface area contributed by atoms with Crippen LogP contribution in [-0.4, -0.2) is 25.2 Å². The fourth-order valence-electron chi connectivity index (χ4n) is 2.05. The molecule has 0 aliphatic carbocycles. The standard InChI is InChI=1S/C16H22N4O2S/c1-3-4-5-11-17-15-9-10-16(19-18-15)20-23(21,22)14-8-6-7-13(2)12-14/h6-10,12H,3-5,11H2,1-2H3,(H,17,18)(H,19,20). The highest BCUT2D eigenvalue weighted by molar-refractivity contribution is 7.92. The van der Waals surface area contributed by atoms with Crippen molar-refractivity contribution in [1.29, 1.82) is 0 Å². The third-order valence-corrected chi connectivity index (χ3v) is 4.64. The molecule has 2 N–H and O–H groups in total. The molecule has 124 valence electrons. The van der Waals surface area contributed by atoms with Gasteiger partial charge in [-0.3, -0.25) is 4.72 Å². The molecule has 7 heteroatoms. The highest BCUT2D eigenvalue weighted by Crippen LogP contribution is 2.15. The molecule has 1 aromatic carbocycles. The molecule has 0 radical (unpaired) electrons. The van der Waals surface area contributed by atoms with E-state index in [1.54, 1.807) is 30.3 Å². The van der Waals surface area contributed by atoms with Crippen LogP contribution in [0, 0.1) is 6.92 Å². The monoisotopic (exact) mass is 334 g/mol. The van der Waals surface area contributed by atoms with Gasteiger partial charge in [0.2, 0.25) is 0 Å². The van der Waals surface area contributed by atoms with E-state index < -0.39 is 10.0 Å². The quantitative estimate of drug-likeness (QED) is 0.724. The van der Waals surface area contributed by atoms with E-state index in [2.05, 4.69) is 27.2 Å². The fraction of sp³-hybridized carbons (Fsp3) is 0.375. The molecule has 0 unspecified atom stereocenters. The number of anilines is 2. The summed E-state index contributed by atoms with van der Waals surface area (Å²) in [6, 6.07) is 10.0. The zero-order chi connectivity index (χ0) is 16.7. The molecule has 0 aliphatic heterocycles. The van der Waals surface area contributed by atoms with Crippen LogP contribution in [0.5, 0.6) is 0 Å². The predicted octanol–water partition coefficient (Wildman–Crippen LogP) is 3.19. The maximum atomic E-state index is 12.3. The Balaban J connectivity index is 2.00. The van der Waals surface area contributed by atoms with Gasteiger partial charge in [0.1, 0.15) is 5.82 Å². The minimum atomic E-state index is -3.65. The summed E-state index contributed by atoms with van der Waals surface area (Å²) >= 11 is 0. The maximum absolute atomic E-state index is 12.3. The number of rotatable bonds is 8. The lowest BCUT2D eigenvalue weighted by Gasteiger charge is -2.08. The van der Waals surface area contributed by atoms with Gasteiger partial charge in [-0.05, 0) is 43.2 Å². The highest BCUT2D eigenvalue weighted by Gasteiger charge is 2.15. The van der Waals surface area contributed by atoms with E-state index in [1.165, 1.54) is 0 Å². The van der Waals surface area contributed by atoms with Crippen LogP contribution in [0.25, 0.3) is 0 Å². The average molecular weight is 334 g/mol. The summed E-state index contributed by atoms with van der Waals surface area (Å²) in [6.07, 6.45) is 3.39. The minimum Gasteiger partial charge on any atom is -0.369 e. The topological polar surface area (TPSA) is 84.0 Å². The molecule has 0 saturated heterocycles. The summed E-state index contributed by atoms with van der Waals surface area (Å²) in [6.45, 7) is 4.82. The summed E-state index contributed by atoms with van der Waals surface area (Å²) in [5, 5.41) is 11.0. The second kappa shape index (κ2) is 7.92. The molecule has 0 amide bonds. The molecule has 2 rings (SSSR count). The van der Waals surface area contributed by atoms with Gasteiger partial charge in [0.15, 0.2) is 5.82 Å². The zero-order valence-corrected chi connectivity index (χ0v) is 14.2. The van der Waals surface area contributed by atoms with Gasteiger partial charge < -0.3 is 5.32 Å². The van der Waals surface area contributed by atoms with Gasteiger partial charge in [0, 0.05) is 6.54 Å². The molecule has 0 bridgehead atoms. The van der Waals surface area contributed by atoms with Crippen LogP contribution in [-0.2, 0) is 10.0 Å². The van der Waals surface area contributed by atoms with Gasteiger partial charge >= 0.3 is 0 Å². The first-order chi connectivity index (χ1) is 11.0. The summed E-state index contributed by atoms with van der Waals surface area (Å²) in [4.78, 5) is 0.209. The number of hydrogen-bond donors (Lipinski definition) is 2. The largest absolute Gasteiger partial charge is 0.369 e. The summed E-state index contributed by atoms with van der Waals surface area (Å²) in [7, 11) is -3.65. The summed E-state index contributed by atoms with van der Waals surface area (Å²) in [5.74, 6) is 0.838. The second-order valence-corrected chi connectivity index (χ2v) is 7.04. The van der Waals surface area contributed by atoms with Crippen molar-refractivity contribution >= 4 is 21.7 Å². The van der Waals surface area contributed by atoms with Crippen molar-refractivity contribution in [2.45, 2.75) is 38.0 Å². The number of aryl methyl sites for hydroxylation is 1. The van der Waals surface area contributed by atoms with Crippen LogP contribution in [0.1, 0.15) is 31.7 Å². The Bertz CT molecular complexity index is 730. The van der Waals surface area contributed by atoms with E-state index in [9.17, 15) is 8.42 Å². The number of hydrogen-bond acceptors (Lipinski definition) is 5. The summed E-state index contributed by atoms with van der Waals surface area (Å²) < 4.78 is 27.0. The van der Waals surface area contributed by atoms with E-state index in [0.717, 1.165) is 31.4 Å². The lowest BCUT2D eigenvalue weighted by Crippen LogP contribution is -2.14. The van der Waals surface area contributed by atoms with Crippen LogP contribution in [0.4, 0.5) is 11.6 Å². The highest BCUT2D eigenvalue weighted by atomic mass is 32.2. The number of benzene rings is 1. The Morgan fingerprint density at radius 3 is 2.43 bits per heavy atom. The van der Waals surface area contributed by atoms with Crippen LogP contribution >= 0.6 is 0 Å². The van der Waals surface area contributed by atoms with Crippen LogP contribution in [0.3, 0.4) is 0 Å². The average Bonchev–Trinajstić information content (AvgIpc) is 2.53. The fourth-order valence-corrected chi connectivity index (χ4v) is 3.15. The van der Waals surface area contributed by atoms with Crippen molar-refractivity contribution in [2.24, 2.45) is 0 Å². The van der Waals surface area contributed by atoms with E-state index in [1.807, 2.05) is 13.0 Å². The molecule has 0 spiro atoms. The number of nitrogens with one attached hydrogen (secondary N) is 2. The third kappa shape index (κ3) is 5.21. The molecule has 0 fully saturated rings. The third-order valence-electron chi connectivity index (χ3n) is 3.29. The molecule has 6 nitrogen and oxygen atoms in total. The molecular weight excluding hydrogens is 312 g/mol. The lowest BCUT2D eigenvalue weighted by molar-refractivity contribution is 0.601. The van der Waals surface area contributed by atoms with Crippen molar-refractivity contribution in [3.63, 3.8) is 0 Å². The number of sulfonamides is 1. The van der Waals surface area contributed by atoms with Gasteiger partial charge in [-0.25, -0.2) is 8.42 Å². The Hall–Kier alpha value is -2.15. The van der Waals surface area contributed by atoms with E-state index in [4.69, 9.17) is 0 Å². The molecule has 0 atom stereocenters. The molecule has 1 aromatic heterocycles. The van der Waals surface area contributed by atoms with E-state index in [-0.39, 0.29) is 10.7 Å². The Kier molecular flexibility index (Phi) is 5.92. The van der Waals surface area contributed by atoms with Crippen molar-refractivity contribution in [3.05, 3.63) is 42.0 Å². The molecular formula is C16H22N4O2S. The molecule has 1 heterocycles. The van der Waals surface area contributed by atoms with Crippen molar-refractivity contribution in [2.75, 3.05) is 16.6 Å². The second-order valence-electron chi connectivity index (χ2n) is 5.36. The predicted molar refractivity (Wildman–Crippen MR) is 92.0 cm³/mol. The Labute approximate surface area is 137 Å². The number of aromatic nitrogens is 2. The maximum Gasteiger partial charge on any atom is 0.263 e. The zero-order valence-electron chi connectivity index (χ0n) is 13.4. The van der Waals surface area contributed by atoms with E-state index in [0.29, 0.717) is 5.82 Å². The van der Waals surface area contributed by atoms with Gasteiger partial charge in [0.05, 0.1) is 4.90 Å². The van der Waals surface area contributed by atoms with E-state index >= 15 is 0 Å². The van der Waals surface area contributed by atoms with Crippen molar-refractivity contribution in [3.8, 4) is 0 Å². The van der Waals surface area contributed by atoms with Crippen LogP contribution in [0.15, 0.2) is 41.3 Å². The SMILES string of the molecule is CCCCCNc1ccc(NS(=O)(=O)c2cccc(C)c2)nn1. The van der Waals surface area contributed by atoms with Crippen molar-refractivity contribution in [1.82, 2.24) is 10.2 Å². The molecule has 23 heavy (non-hydrogen) atoms. The minimum absolute atomic E-state index is 0.200. The van der Waals surface area contributed by atoms with Crippen LogP contribution in [0.2, 0.25) is 0 Å². The molecule has 0 aliphatic rings. The van der Waals surface area contributed by atoms with Gasteiger partial charge in [0.25, 0.3) is 10.0 Å². The first-order valence-electron chi connectivity index (χ1n) is 7.68. The number of unbranched alkanes of at least 4 members (excludes halogenated alkanes) is 2. The van der Waals surface area contributed by atoms with Crippen LogP contribution < -0.4 is 10.0 Å². The first kappa shape index (κ1) is 17.2. The van der Waals surface area contributed by atoms with Gasteiger partial charge in [-0.15, -0.1) is 10.2 Å². The Morgan fingerprint density at radius 1 is 1.04 bits per heavy atom. The lowest BCUT2D eigenvalue weighted by atomic mass is 10.2. The first-order valence-corrected chi connectivity index (χ1v) is 9.16. The summed E-state index contributed by atoms with van der Waals surface area (Å²) in [5.41, 5.74) is 0.880. The smallest absolute Gasteiger partial charge is 0.263 e. The molecule has 2 aromatic rings. The van der Waals surface area contributed by atoms with Gasteiger partial charge in [-0.2, -0.15) is 0 Å².